The molecule has 0 aliphatic carbocycles. The number of carbonyl (C=O) groups is 1. The first-order chi connectivity index (χ1) is 8.87. The molecular weight excluding hydrogens is 240 g/mol. The van der Waals surface area contributed by atoms with Gasteiger partial charge in [0, 0.05) is 23.5 Å². The van der Waals surface area contributed by atoms with Crippen LogP contribution in [0.5, 0.6) is 0 Å². The van der Waals surface area contributed by atoms with Gasteiger partial charge in [0.25, 0.3) is 0 Å². The maximum absolute atomic E-state index is 11.9. The van der Waals surface area contributed by atoms with E-state index in [1.807, 2.05) is 51.2 Å². The van der Waals surface area contributed by atoms with E-state index in [9.17, 15) is 4.79 Å². The van der Waals surface area contributed by atoms with E-state index >= 15 is 0 Å². The van der Waals surface area contributed by atoms with Gasteiger partial charge in [-0.15, -0.1) is 0 Å². The van der Waals surface area contributed by atoms with Gasteiger partial charge in [-0.05, 0) is 32.4 Å². The van der Waals surface area contributed by atoms with Gasteiger partial charge in [0.05, 0.1) is 0 Å². The average molecular weight is 260 g/mol. The number of esters is 1. The molecule has 0 fully saturated rings. The molecule has 0 radical (unpaired) electrons. The number of ether oxygens (including phenoxy) is 1. The van der Waals surface area contributed by atoms with Crippen molar-refractivity contribution >= 4 is 16.9 Å². The Balaban J connectivity index is 2.10. The van der Waals surface area contributed by atoms with Crippen LogP contribution in [0.25, 0.3) is 10.9 Å². The van der Waals surface area contributed by atoms with Crippen molar-refractivity contribution in [3.8, 4) is 0 Å². The summed E-state index contributed by atoms with van der Waals surface area (Å²) in [6.07, 6.45) is 2.37. The Kier molecular flexibility index (Phi) is 3.62. The molecule has 102 valence electrons. The van der Waals surface area contributed by atoms with Crippen LogP contribution in [0, 0.1) is 0 Å². The topological polar surface area (TPSA) is 68.1 Å². The van der Waals surface area contributed by atoms with Crippen LogP contribution in [0.2, 0.25) is 0 Å². The van der Waals surface area contributed by atoms with Crippen LogP contribution >= 0.6 is 0 Å². The number of benzene rings is 1. The predicted molar refractivity (Wildman–Crippen MR) is 75.8 cm³/mol. The minimum atomic E-state index is -0.640. The Hall–Kier alpha value is -1.81. The normalized spacial score (nSPS) is 13.5. The number of nitrogens with one attached hydrogen (secondary N) is 1. The second-order valence-corrected chi connectivity index (χ2v) is 5.70. The molecule has 19 heavy (non-hydrogen) atoms. The second kappa shape index (κ2) is 5.05. The highest BCUT2D eigenvalue weighted by Gasteiger charge is 2.23. The lowest BCUT2D eigenvalue weighted by Gasteiger charge is -2.22. The van der Waals surface area contributed by atoms with Crippen LogP contribution < -0.4 is 5.73 Å². The van der Waals surface area contributed by atoms with Gasteiger partial charge in [-0.1, -0.05) is 18.2 Å². The number of nitrogens with two attached hydrogens (primary N) is 1. The molecule has 4 nitrogen and oxygen atoms in total. The third-order valence-electron chi connectivity index (χ3n) is 2.82. The van der Waals surface area contributed by atoms with Gasteiger partial charge in [0.2, 0.25) is 0 Å². The van der Waals surface area contributed by atoms with Crippen LogP contribution in [0.3, 0.4) is 0 Å². The van der Waals surface area contributed by atoms with Crippen LogP contribution in [0.15, 0.2) is 30.5 Å². The summed E-state index contributed by atoms with van der Waals surface area (Å²) in [6.45, 7) is 5.51. The van der Waals surface area contributed by atoms with Gasteiger partial charge in [0.15, 0.2) is 0 Å². The molecule has 1 heterocycles. The smallest absolute Gasteiger partial charge is 0.323 e. The monoisotopic (exact) mass is 260 g/mol. The molecule has 1 aromatic carbocycles. The molecule has 4 heteroatoms. The third-order valence-corrected chi connectivity index (χ3v) is 2.82. The van der Waals surface area contributed by atoms with Gasteiger partial charge >= 0.3 is 5.97 Å². The fourth-order valence-electron chi connectivity index (χ4n) is 2.00. The number of hydrogen-bond acceptors (Lipinski definition) is 3. The summed E-state index contributed by atoms with van der Waals surface area (Å²) >= 11 is 0. The van der Waals surface area contributed by atoms with E-state index in [1.54, 1.807) is 0 Å². The van der Waals surface area contributed by atoms with E-state index in [2.05, 4.69) is 4.98 Å². The first kappa shape index (κ1) is 13.6. The van der Waals surface area contributed by atoms with E-state index in [0.29, 0.717) is 6.42 Å². The van der Waals surface area contributed by atoms with Crippen LogP contribution in [0.1, 0.15) is 26.3 Å². The molecule has 1 atom stereocenters. The molecule has 0 aliphatic rings. The van der Waals surface area contributed by atoms with Gasteiger partial charge in [-0.25, -0.2) is 0 Å². The molecule has 3 N–H and O–H groups in total. The molecule has 0 unspecified atom stereocenters. The fraction of sp³-hybridized carbons (Fsp3) is 0.400. The second-order valence-electron chi connectivity index (χ2n) is 5.70. The molecule has 0 saturated heterocycles. The molecule has 0 aliphatic heterocycles. The van der Waals surface area contributed by atoms with Crippen molar-refractivity contribution in [3.63, 3.8) is 0 Å². The van der Waals surface area contributed by atoms with Crippen molar-refractivity contribution < 1.29 is 9.53 Å². The van der Waals surface area contributed by atoms with Gasteiger partial charge < -0.3 is 15.5 Å². The van der Waals surface area contributed by atoms with Crippen molar-refractivity contribution in [1.29, 1.82) is 0 Å². The fourth-order valence-corrected chi connectivity index (χ4v) is 2.00. The largest absolute Gasteiger partial charge is 0.459 e. The van der Waals surface area contributed by atoms with E-state index < -0.39 is 11.6 Å². The summed E-state index contributed by atoms with van der Waals surface area (Å²) in [5, 5.41) is 1.10. The van der Waals surface area contributed by atoms with Gasteiger partial charge in [-0.2, -0.15) is 0 Å². The zero-order chi connectivity index (χ0) is 14.0. The van der Waals surface area contributed by atoms with Crippen LogP contribution in [-0.2, 0) is 16.0 Å². The lowest BCUT2D eigenvalue weighted by molar-refractivity contribution is -0.156. The summed E-state index contributed by atoms with van der Waals surface area (Å²) in [7, 11) is 0. The van der Waals surface area contributed by atoms with Crippen LogP contribution in [0.4, 0.5) is 0 Å². The third kappa shape index (κ3) is 3.35. The van der Waals surface area contributed by atoms with E-state index in [1.165, 1.54) is 0 Å². The number of H-pyrrole nitrogens is 1. The molecule has 0 bridgehead atoms. The van der Waals surface area contributed by atoms with Gasteiger partial charge in [0.1, 0.15) is 11.6 Å². The van der Waals surface area contributed by atoms with Crippen molar-refractivity contribution in [1.82, 2.24) is 4.98 Å². The standard InChI is InChI=1S/C15H20N2O2/c1-15(2,3)19-14(18)12(16)8-10-9-17-13-7-5-4-6-11(10)13/h4-7,9,12,17H,8,16H2,1-3H3/t12-/m1/s1. The molecule has 2 aromatic rings. The molecular formula is C15H20N2O2. The first-order valence-electron chi connectivity index (χ1n) is 6.40. The summed E-state index contributed by atoms with van der Waals surface area (Å²) < 4.78 is 5.29. The maximum atomic E-state index is 11.9. The Morgan fingerprint density at radius 3 is 2.74 bits per heavy atom. The summed E-state index contributed by atoms with van der Waals surface area (Å²) in [6, 6.07) is 7.31. The number of aromatic nitrogens is 1. The lowest BCUT2D eigenvalue weighted by atomic mass is 10.1. The minimum Gasteiger partial charge on any atom is -0.459 e. The Morgan fingerprint density at radius 2 is 2.05 bits per heavy atom. The lowest BCUT2D eigenvalue weighted by Crippen LogP contribution is -2.38. The van der Waals surface area contributed by atoms with E-state index in [-0.39, 0.29) is 5.97 Å². The minimum absolute atomic E-state index is 0.363. The maximum Gasteiger partial charge on any atom is 0.323 e. The van der Waals surface area contributed by atoms with Crippen molar-refractivity contribution in [3.05, 3.63) is 36.0 Å². The highest BCUT2D eigenvalue weighted by molar-refractivity contribution is 5.84. The summed E-state index contributed by atoms with van der Waals surface area (Å²) in [5.74, 6) is -0.363. The van der Waals surface area contributed by atoms with Crippen molar-refractivity contribution in [2.24, 2.45) is 5.73 Å². The van der Waals surface area contributed by atoms with E-state index in [0.717, 1.165) is 16.5 Å². The number of rotatable bonds is 3. The molecule has 0 spiro atoms. The quantitative estimate of drug-likeness (QED) is 0.832. The SMILES string of the molecule is CC(C)(C)OC(=O)[C@H](N)Cc1c[nH]c2ccccc12. The number of aromatic amines is 1. The predicted octanol–water partition coefficient (Wildman–Crippen LogP) is 2.38. The molecule has 1 aromatic heterocycles. The van der Waals surface area contributed by atoms with Gasteiger partial charge in [-0.3, -0.25) is 4.79 Å². The summed E-state index contributed by atoms with van der Waals surface area (Å²) in [4.78, 5) is 15.0. The Bertz CT molecular complexity index is 581. The average Bonchev–Trinajstić information content (AvgIpc) is 2.70. The van der Waals surface area contributed by atoms with Crippen molar-refractivity contribution in [2.75, 3.05) is 0 Å². The zero-order valence-electron chi connectivity index (χ0n) is 11.6. The van der Waals surface area contributed by atoms with Crippen LogP contribution in [-0.4, -0.2) is 22.6 Å². The zero-order valence-corrected chi connectivity index (χ0v) is 11.6. The van der Waals surface area contributed by atoms with Crippen molar-refractivity contribution in [2.45, 2.75) is 38.8 Å². The molecule has 2 rings (SSSR count). The molecule has 0 amide bonds. The number of hydrogen-bond donors (Lipinski definition) is 2. The summed E-state index contributed by atoms with van der Waals surface area (Å²) in [5.41, 5.74) is 7.50. The molecule has 0 saturated carbocycles. The van der Waals surface area contributed by atoms with E-state index in [4.69, 9.17) is 10.5 Å². The number of carbonyl (C=O) groups excluding carboxylic acids is 1. The first-order valence-corrected chi connectivity index (χ1v) is 6.40. The Morgan fingerprint density at radius 1 is 1.37 bits per heavy atom. The number of para-hydroxylation sites is 1. The highest BCUT2D eigenvalue weighted by Crippen LogP contribution is 2.19. The number of fused-ring (bicyclic) bond motifs is 1. The highest BCUT2D eigenvalue weighted by atomic mass is 16.6. The Labute approximate surface area is 112 Å².